The van der Waals surface area contributed by atoms with Crippen molar-refractivity contribution in [2.45, 2.75) is 41.7 Å². The average Bonchev–Trinajstić information content (AvgIpc) is 3.43. The molecule has 0 spiro atoms. The van der Waals surface area contributed by atoms with Crippen molar-refractivity contribution in [2.24, 2.45) is 7.05 Å². The zero-order valence-corrected chi connectivity index (χ0v) is 22.7. The van der Waals surface area contributed by atoms with Crippen molar-refractivity contribution < 1.29 is 48.8 Å². The Morgan fingerprint density at radius 1 is 1.10 bits per heavy atom. The van der Waals surface area contributed by atoms with E-state index < -0.39 is 63.3 Å². The highest BCUT2D eigenvalue weighted by atomic mass is 127. The number of alkyl halides is 10. The van der Waals surface area contributed by atoms with E-state index in [4.69, 9.17) is 16.1 Å². The lowest BCUT2D eigenvalue weighted by atomic mass is 10.0. The Morgan fingerprint density at radius 2 is 1.74 bits per heavy atom. The van der Waals surface area contributed by atoms with Crippen LogP contribution in [0.5, 0.6) is 0 Å². The maximum Gasteiger partial charge on any atom is 0.437 e. The molecule has 1 unspecified atom stereocenters. The number of aromatic nitrogens is 3. The number of benzene rings is 1. The highest BCUT2D eigenvalue weighted by Crippen LogP contribution is 2.53. The molecule has 2 aromatic heterocycles. The van der Waals surface area contributed by atoms with Gasteiger partial charge in [0, 0.05) is 38.1 Å². The van der Waals surface area contributed by atoms with E-state index in [0.29, 0.717) is 4.68 Å². The first-order chi connectivity index (χ1) is 17.8. The van der Waals surface area contributed by atoms with Gasteiger partial charge in [-0.15, -0.1) is 0 Å². The summed E-state index contributed by atoms with van der Waals surface area (Å²) in [6.45, 7) is 0.907. The molecule has 0 bridgehead atoms. The van der Waals surface area contributed by atoms with Crippen molar-refractivity contribution in [1.82, 2.24) is 20.3 Å². The van der Waals surface area contributed by atoms with Crippen molar-refractivity contribution in [1.29, 1.82) is 0 Å². The normalized spacial score (nSPS) is 14.4. The number of hydrogen-bond acceptors (Lipinski definition) is 4. The summed E-state index contributed by atoms with van der Waals surface area (Å²) in [5.74, 6) is -4.05. The Balaban J connectivity index is 2.00. The van der Waals surface area contributed by atoms with Crippen molar-refractivity contribution >= 4 is 40.1 Å². The number of hydrogen-bond donors (Lipinski definition) is 1. The number of rotatable bonds is 8. The Hall–Kier alpha value is -2.50. The highest BCUT2D eigenvalue weighted by Gasteiger charge is 2.61. The number of nitrogens with zero attached hydrogens (tertiary/aromatic N) is 3. The minimum Gasteiger partial charge on any atom is -0.356 e. The molecule has 1 aromatic carbocycles. The Bertz CT molecular complexity index is 1370. The summed E-state index contributed by atoms with van der Waals surface area (Å²) in [5, 5.41) is 8.85. The average molecular weight is 703 g/mol. The molecule has 6 nitrogen and oxygen atoms in total. The first-order valence-electron chi connectivity index (χ1n) is 10.8. The molecule has 0 aliphatic carbocycles. The molecule has 0 radical (unpaired) electrons. The molecule has 214 valence electrons. The SMILES string of the molecule is CCC(F)(F)CCNC(=O)c1cc(-c2cc(-c3c(C(F)(F)F)c(C(F)(I)C(F)(F)F)nn3C)no2)ccc1Cl. The van der Waals surface area contributed by atoms with E-state index in [1.54, 1.807) is 0 Å². The molecular weight excluding hydrogens is 686 g/mol. The van der Waals surface area contributed by atoms with Gasteiger partial charge in [-0.2, -0.15) is 31.4 Å². The Kier molecular flexibility index (Phi) is 8.61. The van der Waals surface area contributed by atoms with Crippen LogP contribution in [0.25, 0.3) is 22.7 Å². The lowest BCUT2D eigenvalue weighted by molar-refractivity contribution is -0.195. The van der Waals surface area contributed by atoms with Crippen LogP contribution in [0.1, 0.15) is 41.4 Å². The predicted molar refractivity (Wildman–Crippen MR) is 129 cm³/mol. The molecule has 1 N–H and O–H groups in total. The molecule has 0 aliphatic rings. The van der Waals surface area contributed by atoms with Gasteiger partial charge in [0.05, 0.1) is 10.6 Å². The van der Waals surface area contributed by atoms with E-state index in [1.165, 1.54) is 19.1 Å². The van der Waals surface area contributed by atoms with Crippen molar-refractivity contribution in [3.8, 4) is 22.7 Å². The summed E-state index contributed by atoms with van der Waals surface area (Å²) < 4.78 is 124. The molecule has 17 heteroatoms. The Morgan fingerprint density at radius 3 is 2.31 bits per heavy atom. The second kappa shape index (κ2) is 10.8. The predicted octanol–water partition coefficient (Wildman–Crippen LogP) is 7.70. The summed E-state index contributed by atoms with van der Waals surface area (Å²) in [6.07, 6.45) is -12.2. The summed E-state index contributed by atoms with van der Waals surface area (Å²) in [4.78, 5) is 12.5. The fraction of sp³-hybridized carbons (Fsp3) is 0.409. The molecule has 3 aromatic rings. The lowest BCUT2D eigenvalue weighted by Crippen LogP contribution is -2.34. The van der Waals surface area contributed by atoms with Crippen LogP contribution >= 0.6 is 34.2 Å². The van der Waals surface area contributed by atoms with Crippen LogP contribution < -0.4 is 5.32 Å². The van der Waals surface area contributed by atoms with Gasteiger partial charge >= 0.3 is 12.4 Å². The van der Waals surface area contributed by atoms with Gasteiger partial charge in [-0.1, -0.05) is 23.7 Å². The van der Waals surface area contributed by atoms with Gasteiger partial charge < -0.3 is 9.84 Å². The molecule has 0 saturated heterocycles. The van der Waals surface area contributed by atoms with Crippen molar-refractivity contribution in [3.05, 3.63) is 46.1 Å². The fourth-order valence-corrected chi connectivity index (χ4v) is 4.03. The second-order valence-electron chi connectivity index (χ2n) is 8.25. The van der Waals surface area contributed by atoms with Gasteiger partial charge in [-0.25, -0.2) is 13.2 Å². The maximum absolute atomic E-state index is 14.6. The Labute approximate surface area is 233 Å². The van der Waals surface area contributed by atoms with Crippen LogP contribution in [0.15, 0.2) is 28.8 Å². The van der Waals surface area contributed by atoms with E-state index in [1.807, 2.05) is 0 Å². The van der Waals surface area contributed by atoms with Gasteiger partial charge in [0.1, 0.15) is 22.6 Å². The lowest BCUT2D eigenvalue weighted by Gasteiger charge is -2.21. The van der Waals surface area contributed by atoms with Crippen LogP contribution in [0.4, 0.5) is 39.5 Å². The number of aryl methyl sites for hydroxylation is 1. The minimum absolute atomic E-state index is 0.0576. The fourth-order valence-electron chi connectivity index (χ4n) is 3.45. The number of nitrogens with one attached hydrogen (secondary N) is 1. The molecular formula is C22H17ClF9IN4O2. The summed E-state index contributed by atoms with van der Waals surface area (Å²) in [7, 11) is 0.873. The topological polar surface area (TPSA) is 73.0 Å². The van der Waals surface area contributed by atoms with E-state index in [9.17, 15) is 44.3 Å². The number of carbonyl (C=O) groups is 1. The molecule has 1 amide bonds. The summed E-state index contributed by atoms with van der Waals surface area (Å²) in [6, 6.07) is 4.60. The van der Waals surface area contributed by atoms with Gasteiger partial charge in [0.25, 0.3) is 9.58 Å². The van der Waals surface area contributed by atoms with Crippen LogP contribution in [0.2, 0.25) is 5.02 Å². The molecule has 3 rings (SSSR count). The van der Waals surface area contributed by atoms with E-state index in [-0.39, 0.29) is 51.0 Å². The third-order valence-corrected chi connectivity index (χ3v) is 6.98. The van der Waals surface area contributed by atoms with Gasteiger partial charge in [-0.05, 0) is 40.8 Å². The van der Waals surface area contributed by atoms with Gasteiger partial charge in [0.15, 0.2) is 5.76 Å². The van der Waals surface area contributed by atoms with Crippen LogP contribution in [0, 0.1) is 0 Å². The van der Waals surface area contributed by atoms with E-state index >= 15 is 0 Å². The second-order valence-corrected chi connectivity index (χ2v) is 10.1. The number of halogens is 11. The molecule has 0 saturated carbocycles. The van der Waals surface area contributed by atoms with Crippen LogP contribution in [-0.4, -0.2) is 39.5 Å². The largest absolute Gasteiger partial charge is 0.437 e. The van der Waals surface area contributed by atoms with Crippen LogP contribution in [0.3, 0.4) is 0 Å². The number of amides is 1. The van der Waals surface area contributed by atoms with Gasteiger partial charge in [-0.3, -0.25) is 9.48 Å². The molecule has 2 heterocycles. The van der Waals surface area contributed by atoms with Crippen molar-refractivity contribution in [3.63, 3.8) is 0 Å². The first-order valence-corrected chi connectivity index (χ1v) is 12.3. The van der Waals surface area contributed by atoms with Crippen LogP contribution in [-0.2, 0) is 16.9 Å². The molecule has 0 fully saturated rings. The number of carbonyl (C=O) groups excluding carboxylic acids is 1. The highest BCUT2D eigenvalue weighted by molar-refractivity contribution is 14.1. The molecule has 39 heavy (non-hydrogen) atoms. The monoisotopic (exact) mass is 702 g/mol. The molecule has 1 atom stereocenters. The van der Waals surface area contributed by atoms with E-state index in [0.717, 1.165) is 19.2 Å². The first kappa shape index (κ1) is 31.0. The maximum atomic E-state index is 14.6. The zero-order valence-electron chi connectivity index (χ0n) is 19.7. The zero-order chi connectivity index (χ0) is 29.6. The minimum atomic E-state index is -5.72. The van der Waals surface area contributed by atoms with Crippen molar-refractivity contribution in [2.75, 3.05) is 6.54 Å². The smallest absolute Gasteiger partial charge is 0.356 e. The third kappa shape index (κ3) is 6.47. The van der Waals surface area contributed by atoms with E-state index in [2.05, 4.69) is 15.6 Å². The quantitative estimate of drug-likeness (QED) is 0.148. The molecule has 0 aliphatic heterocycles. The van der Waals surface area contributed by atoms with Gasteiger partial charge in [0.2, 0.25) is 5.92 Å². The standard InChI is InChI=1S/C22H17ClF9IN4O2/c1-3-19(24,25)6-7-34-18(38)11-8-10(4-5-12(11)23)14-9-13(36-39-14)16-15(21(27,28)29)17(35-37(16)2)20(26,33)22(30,31)32/h4-5,8-9H,3,6-7H2,1-2H3,(H,34,38). The third-order valence-electron chi connectivity index (χ3n) is 5.53. The summed E-state index contributed by atoms with van der Waals surface area (Å²) >= 11 is 6.23. The summed E-state index contributed by atoms with van der Waals surface area (Å²) in [5.41, 5.74) is -5.66.